The Morgan fingerprint density at radius 2 is 2.30 bits per heavy atom. The van der Waals surface area contributed by atoms with Crippen molar-refractivity contribution in [3.8, 4) is 23.6 Å². The maximum absolute atomic E-state index is 5.29. The lowest BCUT2D eigenvalue weighted by molar-refractivity contribution is 0.621. The van der Waals surface area contributed by atoms with Crippen LogP contribution >= 0.6 is 0 Å². The molecule has 0 saturated heterocycles. The quantitative estimate of drug-likeness (QED) is 0.664. The summed E-state index contributed by atoms with van der Waals surface area (Å²) in [5, 5.41) is 3.49. The molecule has 0 amide bonds. The van der Waals surface area contributed by atoms with Gasteiger partial charge in [-0.3, -0.25) is 0 Å². The average molecular weight is 265 g/mol. The number of hydrogen-bond donors (Lipinski definition) is 1. The third kappa shape index (κ3) is 2.42. The third-order valence-electron chi connectivity index (χ3n) is 3.81. The van der Waals surface area contributed by atoms with Crippen molar-refractivity contribution in [2.75, 3.05) is 11.9 Å². The molecule has 0 aliphatic carbocycles. The lowest BCUT2D eigenvalue weighted by Gasteiger charge is -2.12. The number of imidazole rings is 1. The second-order valence-electron chi connectivity index (χ2n) is 5.15. The van der Waals surface area contributed by atoms with Gasteiger partial charge >= 0.3 is 0 Å². The Kier molecular flexibility index (Phi) is 3.73. The Labute approximate surface area is 120 Å². The first kappa shape index (κ1) is 12.8. The minimum absolute atomic E-state index is 0.853. The maximum atomic E-state index is 5.29. The maximum Gasteiger partial charge on any atom is 0.0950 e. The van der Waals surface area contributed by atoms with Crippen LogP contribution in [-0.2, 0) is 13.0 Å². The molecule has 1 aromatic heterocycles. The summed E-state index contributed by atoms with van der Waals surface area (Å²) in [7, 11) is 0. The van der Waals surface area contributed by atoms with Crippen LogP contribution in [0.25, 0.3) is 11.3 Å². The first-order valence-corrected chi connectivity index (χ1v) is 7.20. The van der Waals surface area contributed by atoms with Crippen molar-refractivity contribution in [1.29, 1.82) is 0 Å². The molecule has 2 heterocycles. The van der Waals surface area contributed by atoms with E-state index in [0.29, 0.717) is 0 Å². The zero-order chi connectivity index (χ0) is 13.8. The standard InChI is InChI=1S/C17H19N3/c1-2-3-4-5-11-20-13-18-12-16(20)15-8-6-7-14-9-10-19-17(14)15/h1,6-8,12-13,19H,3-5,9-11H2. The van der Waals surface area contributed by atoms with Crippen LogP contribution in [0, 0.1) is 12.3 Å². The zero-order valence-corrected chi connectivity index (χ0v) is 11.6. The number of terminal acetylenes is 1. The summed E-state index contributed by atoms with van der Waals surface area (Å²) in [5.74, 6) is 2.69. The van der Waals surface area contributed by atoms with E-state index < -0.39 is 0 Å². The Morgan fingerprint density at radius 3 is 3.20 bits per heavy atom. The number of aryl methyl sites for hydroxylation is 1. The summed E-state index contributed by atoms with van der Waals surface area (Å²) < 4.78 is 2.23. The Balaban J connectivity index is 1.83. The highest BCUT2D eigenvalue weighted by Crippen LogP contribution is 2.34. The second kappa shape index (κ2) is 5.83. The number of aromatic nitrogens is 2. The van der Waals surface area contributed by atoms with Gasteiger partial charge in [0.15, 0.2) is 0 Å². The fraction of sp³-hybridized carbons (Fsp3) is 0.353. The number of unbranched alkanes of at least 4 members (excludes halogenated alkanes) is 2. The second-order valence-corrected chi connectivity index (χ2v) is 5.15. The highest BCUT2D eigenvalue weighted by Gasteiger charge is 2.16. The van der Waals surface area contributed by atoms with E-state index in [4.69, 9.17) is 6.42 Å². The van der Waals surface area contributed by atoms with E-state index in [0.717, 1.165) is 38.8 Å². The van der Waals surface area contributed by atoms with Crippen molar-refractivity contribution in [2.45, 2.75) is 32.2 Å². The van der Waals surface area contributed by atoms with E-state index in [1.54, 1.807) is 0 Å². The molecule has 0 unspecified atom stereocenters. The fourth-order valence-corrected chi connectivity index (χ4v) is 2.79. The molecular formula is C17H19N3. The van der Waals surface area contributed by atoms with Gasteiger partial charge in [-0.2, -0.15) is 0 Å². The van der Waals surface area contributed by atoms with Gasteiger partial charge in [-0.1, -0.05) is 18.2 Å². The van der Waals surface area contributed by atoms with Crippen molar-refractivity contribution in [1.82, 2.24) is 9.55 Å². The summed E-state index contributed by atoms with van der Waals surface area (Å²) in [6, 6.07) is 6.51. The van der Waals surface area contributed by atoms with Crippen molar-refractivity contribution in [3.05, 3.63) is 36.3 Å². The summed E-state index contributed by atoms with van der Waals surface area (Å²) in [6.07, 6.45) is 13.3. The number of hydrogen-bond acceptors (Lipinski definition) is 2. The lowest BCUT2D eigenvalue weighted by Crippen LogP contribution is -2.00. The molecule has 1 N–H and O–H groups in total. The number of benzene rings is 1. The van der Waals surface area contributed by atoms with Gasteiger partial charge in [0.05, 0.1) is 18.2 Å². The molecular weight excluding hydrogens is 246 g/mol. The van der Waals surface area contributed by atoms with Gasteiger partial charge in [0.1, 0.15) is 0 Å². The molecule has 1 aliphatic heterocycles. The zero-order valence-electron chi connectivity index (χ0n) is 11.6. The molecule has 1 aliphatic rings. The highest BCUT2D eigenvalue weighted by atomic mass is 15.0. The lowest BCUT2D eigenvalue weighted by atomic mass is 10.1. The third-order valence-corrected chi connectivity index (χ3v) is 3.81. The molecule has 0 atom stereocenters. The molecule has 0 saturated carbocycles. The summed E-state index contributed by atoms with van der Waals surface area (Å²) >= 11 is 0. The number of anilines is 1. The molecule has 0 fully saturated rings. The number of rotatable bonds is 5. The molecule has 3 heteroatoms. The van der Waals surface area contributed by atoms with E-state index in [1.165, 1.54) is 22.5 Å². The van der Waals surface area contributed by atoms with Crippen LogP contribution in [-0.4, -0.2) is 16.1 Å². The molecule has 102 valence electrons. The van der Waals surface area contributed by atoms with E-state index in [9.17, 15) is 0 Å². The first-order valence-electron chi connectivity index (χ1n) is 7.20. The Morgan fingerprint density at radius 1 is 1.35 bits per heavy atom. The van der Waals surface area contributed by atoms with Crippen LogP contribution in [0.2, 0.25) is 0 Å². The molecule has 0 bridgehead atoms. The number of nitrogens with zero attached hydrogens (tertiary/aromatic N) is 2. The fourth-order valence-electron chi connectivity index (χ4n) is 2.79. The molecule has 0 radical (unpaired) electrons. The van der Waals surface area contributed by atoms with E-state index in [-0.39, 0.29) is 0 Å². The summed E-state index contributed by atoms with van der Waals surface area (Å²) in [6.45, 7) is 2.00. The van der Waals surface area contributed by atoms with Gasteiger partial charge < -0.3 is 9.88 Å². The van der Waals surface area contributed by atoms with Gasteiger partial charge in [0, 0.05) is 30.8 Å². The first-order chi connectivity index (χ1) is 9.90. The van der Waals surface area contributed by atoms with Crippen LogP contribution in [0.1, 0.15) is 24.8 Å². The number of para-hydroxylation sites is 1. The summed E-state index contributed by atoms with van der Waals surface area (Å²) in [5.41, 5.74) is 5.13. The predicted molar refractivity (Wildman–Crippen MR) is 82.5 cm³/mol. The Bertz CT molecular complexity index is 634. The highest BCUT2D eigenvalue weighted by molar-refractivity contribution is 5.79. The van der Waals surface area contributed by atoms with Gasteiger partial charge in [0.25, 0.3) is 0 Å². The van der Waals surface area contributed by atoms with Crippen LogP contribution in [0.15, 0.2) is 30.7 Å². The van der Waals surface area contributed by atoms with Gasteiger partial charge in [-0.05, 0) is 24.8 Å². The molecule has 1 aromatic carbocycles. The van der Waals surface area contributed by atoms with E-state index in [2.05, 4.69) is 39.0 Å². The van der Waals surface area contributed by atoms with E-state index >= 15 is 0 Å². The van der Waals surface area contributed by atoms with Crippen molar-refractivity contribution in [2.24, 2.45) is 0 Å². The van der Waals surface area contributed by atoms with Crippen LogP contribution in [0.3, 0.4) is 0 Å². The van der Waals surface area contributed by atoms with Gasteiger partial charge in [-0.15, -0.1) is 12.3 Å². The predicted octanol–water partition coefficient (Wildman–Crippen LogP) is 3.32. The molecule has 20 heavy (non-hydrogen) atoms. The minimum atomic E-state index is 0.853. The van der Waals surface area contributed by atoms with E-state index in [1.807, 2.05) is 12.5 Å². The number of fused-ring (bicyclic) bond motifs is 1. The molecule has 2 aromatic rings. The smallest absolute Gasteiger partial charge is 0.0950 e. The largest absolute Gasteiger partial charge is 0.384 e. The van der Waals surface area contributed by atoms with Gasteiger partial charge in [0.2, 0.25) is 0 Å². The van der Waals surface area contributed by atoms with Crippen LogP contribution in [0.5, 0.6) is 0 Å². The van der Waals surface area contributed by atoms with Crippen molar-refractivity contribution in [3.63, 3.8) is 0 Å². The minimum Gasteiger partial charge on any atom is -0.384 e. The molecule has 3 rings (SSSR count). The summed E-state index contributed by atoms with van der Waals surface area (Å²) in [4.78, 5) is 4.32. The Hall–Kier alpha value is -2.21. The average Bonchev–Trinajstić information content (AvgIpc) is 3.11. The molecule has 3 nitrogen and oxygen atoms in total. The van der Waals surface area contributed by atoms with Gasteiger partial charge in [-0.25, -0.2) is 4.98 Å². The topological polar surface area (TPSA) is 29.9 Å². The normalized spacial score (nSPS) is 12.8. The van der Waals surface area contributed by atoms with Crippen molar-refractivity contribution >= 4 is 5.69 Å². The van der Waals surface area contributed by atoms with Crippen molar-refractivity contribution < 1.29 is 0 Å². The van der Waals surface area contributed by atoms with Crippen LogP contribution < -0.4 is 5.32 Å². The number of nitrogens with one attached hydrogen (secondary N) is 1. The molecule has 0 spiro atoms. The SMILES string of the molecule is C#CCCCCn1cncc1-c1cccc2c1NCC2. The van der Waals surface area contributed by atoms with Crippen LogP contribution in [0.4, 0.5) is 5.69 Å². The monoisotopic (exact) mass is 265 g/mol.